The average Bonchev–Trinajstić information content (AvgIpc) is 3.21. The quantitative estimate of drug-likeness (QED) is 0.392. The van der Waals surface area contributed by atoms with Gasteiger partial charge >= 0.3 is 0 Å². The second-order valence-corrected chi connectivity index (χ2v) is 6.92. The molecule has 3 aromatic carbocycles. The average molecular weight is 423 g/mol. The number of phenols is 1. The van der Waals surface area contributed by atoms with E-state index in [-0.39, 0.29) is 5.75 Å². The Hall–Kier alpha value is -3.64. The lowest BCUT2D eigenvalue weighted by Crippen LogP contribution is -1.95. The number of methoxy groups -OCH3 is 1. The fraction of sp³-hybridized carbons (Fsp3) is 0.0870. The van der Waals surface area contributed by atoms with Crippen LogP contribution in [-0.4, -0.2) is 22.4 Å². The smallest absolute Gasteiger partial charge is 0.173 e. The van der Waals surface area contributed by atoms with Gasteiger partial charge in [-0.05, 0) is 42.0 Å². The highest BCUT2D eigenvalue weighted by atomic mass is 35.5. The van der Waals surface area contributed by atoms with Crippen LogP contribution in [-0.2, 0) is 6.61 Å². The molecule has 1 aromatic heterocycles. The van der Waals surface area contributed by atoms with Gasteiger partial charge in [0.15, 0.2) is 5.75 Å². The van der Waals surface area contributed by atoms with E-state index < -0.39 is 0 Å². The van der Waals surface area contributed by atoms with Crippen LogP contribution in [0.5, 0.6) is 28.7 Å². The number of H-pyrrole nitrogens is 1. The summed E-state index contributed by atoms with van der Waals surface area (Å²) in [7, 11) is 1.59. The largest absolute Gasteiger partial charge is 0.507 e. The van der Waals surface area contributed by atoms with Crippen LogP contribution in [0.1, 0.15) is 5.56 Å². The van der Waals surface area contributed by atoms with Crippen LogP contribution in [0.25, 0.3) is 11.3 Å². The molecule has 0 spiro atoms. The van der Waals surface area contributed by atoms with Gasteiger partial charge in [-0.15, -0.1) is 0 Å². The number of aromatic amines is 1. The number of halogens is 1. The fourth-order valence-corrected chi connectivity index (χ4v) is 3.02. The van der Waals surface area contributed by atoms with Crippen molar-refractivity contribution in [3.63, 3.8) is 0 Å². The van der Waals surface area contributed by atoms with Crippen molar-refractivity contribution in [3.8, 4) is 40.0 Å². The molecule has 0 aliphatic carbocycles. The van der Waals surface area contributed by atoms with Gasteiger partial charge in [0.05, 0.1) is 13.3 Å². The molecular weight excluding hydrogens is 404 g/mol. The highest BCUT2D eigenvalue weighted by Gasteiger charge is 2.15. The zero-order valence-electron chi connectivity index (χ0n) is 16.1. The van der Waals surface area contributed by atoms with Crippen LogP contribution < -0.4 is 14.2 Å². The molecule has 0 aliphatic heterocycles. The minimum atomic E-state index is 0.0448. The van der Waals surface area contributed by atoms with Crippen LogP contribution in [0, 0.1) is 0 Å². The van der Waals surface area contributed by atoms with E-state index in [1.54, 1.807) is 37.6 Å². The van der Waals surface area contributed by atoms with Gasteiger partial charge in [0.1, 0.15) is 35.3 Å². The first kappa shape index (κ1) is 19.7. The van der Waals surface area contributed by atoms with Gasteiger partial charge in [0, 0.05) is 22.7 Å². The topological polar surface area (TPSA) is 76.6 Å². The molecule has 2 N–H and O–H groups in total. The maximum Gasteiger partial charge on any atom is 0.173 e. The summed E-state index contributed by atoms with van der Waals surface area (Å²) in [5.74, 6) is 2.35. The van der Waals surface area contributed by atoms with Gasteiger partial charge < -0.3 is 19.3 Å². The molecule has 0 saturated heterocycles. The number of aromatic nitrogens is 2. The molecule has 7 heteroatoms. The number of nitrogens with zero attached hydrogens (tertiary/aromatic N) is 1. The lowest BCUT2D eigenvalue weighted by Gasteiger charge is -2.11. The molecule has 0 unspecified atom stereocenters. The van der Waals surface area contributed by atoms with Gasteiger partial charge in [0.2, 0.25) is 0 Å². The Bertz CT molecular complexity index is 1140. The van der Waals surface area contributed by atoms with E-state index in [1.807, 2.05) is 42.5 Å². The van der Waals surface area contributed by atoms with Gasteiger partial charge in [0.25, 0.3) is 0 Å². The standard InChI is InChI=1S/C23H19ClN2O4/c1-28-17-3-2-4-19(11-17)30-22-13-25-26-23(22)20-10-9-18(12-21(20)27)29-14-15-5-7-16(24)8-6-15/h2-13,27H,14H2,1H3,(H,25,26). The lowest BCUT2D eigenvalue weighted by molar-refractivity contribution is 0.304. The first-order chi connectivity index (χ1) is 14.6. The SMILES string of the molecule is COc1cccc(Oc2cn[nH]c2-c2ccc(OCc3ccc(Cl)cc3)cc2O)c1. The third-order valence-corrected chi connectivity index (χ3v) is 4.68. The zero-order valence-corrected chi connectivity index (χ0v) is 16.9. The second kappa shape index (κ2) is 8.80. The molecule has 0 aliphatic rings. The number of aromatic hydroxyl groups is 1. The molecule has 4 rings (SSSR count). The summed E-state index contributed by atoms with van der Waals surface area (Å²) in [5.41, 5.74) is 2.08. The van der Waals surface area contributed by atoms with Crippen molar-refractivity contribution in [2.24, 2.45) is 0 Å². The Labute approximate surface area is 178 Å². The third kappa shape index (κ3) is 4.50. The van der Waals surface area contributed by atoms with E-state index in [9.17, 15) is 5.11 Å². The van der Waals surface area contributed by atoms with Gasteiger partial charge in [-0.3, -0.25) is 5.10 Å². The van der Waals surface area contributed by atoms with Crippen LogP contribution in [0.15, 0.2) is 72.9 Å². The highest BCUT2D eigenvalue weighted by molar-refractivity contribution is 6.30. The molecular formula is C23H19ClN2O4. The molecule has 4 aromatic rings. The molecule has 0 fully saturated rings. The second-order valence-electron chi connectivity index (χ2n) is 6.48. The van der Waals surface area contributed by atoms with E-state index in [2.05, 4.69) is 10.2 Å². The van der Waals surface area contributed by atoms with Crippen LogP contribution in [0.3, 0.4) is 0 Å². The van der Waals surface area contributed by atoms with Gasteiger partial charge in [-0.2, -0.15) is 5.10 Å². The molecule has 0 bridgehead atoms. The van der Waals surface area contributed by atoms with E-state index in [0.29, 0.717) is 45.9 Å². The predicted molar refractivity (Wildman–Crippen MR) is 115 cm³/mol. The summed E-state index contributed by atoms with van der Waals surface area (Å²) < 4.78 is 16.9. The van der Waals surface area contributed by atoms with Crippen molar-refractivity contribution >= 4 is 11.6 Å². The van der Waals surface area contributed by atoms with E-state index in [0.717, 1.165) is 5.56 Å². The Morgan fingerprint density at radius 2 is 1.77 bits per heavy atom. The number of hydrogen-bond acceptors (Lipinski definition) is 5. The number of ether oxygens (including phenoxy) is 3. The predicted octanol–water partition coefficient (Wildman–Crippen LogP) is 5.82. The Morgan fingerprint density at radius 3 is 2.53 bits per heavy atom. The normalized spacial score (nSPS) is 10.6. The minimum absolute atomic E-state index is 0.0448. The number of nitrogens with one attached hydrogen (secondary N) is 1. The summed E-state index contributed by atoms with van der Waals surface area (Å²) in [5, 5.41) is 18.1. The molecule has 0 atom stereocenters. The van der Waals surface area contributed by atoms with Crippen molar-refractivity contribution in [1.29, 1.82) is 0 Å². The first-order valence-corrected chi connectivity index (χ1v) is 9.56. The van der Waals surface area contributed by atoms with Crippen LogP contribution in [0.2, 0.25) is 5.02 Å². The minimum Gasteiger partial charge on any atom is -0.507 e. The monoisotopic (exact) mass is 422 g/mol. The molecule has 6 nitrogen and oxygen atoms in total. The Balaban J connectivity index is 1.51. The highest BCUT2D eigenvalue weighted by Crippen LogP contribution is 2.38. The van der Waals surface area contributed by atoms with Crippen molar-refractivity contribution in [3.05, 3.63) is 83.5 Å². The maximum atomic E-state index is 10.5. The van der Waals surface area contributed by atoms with Crippen molar-refractivity contribution in [2.45, 2.75) is 6.61 Å². The molecule has 30 heavy (non-hydrogen) atoms. The molecule has 152 valence electrons. The summed E-state index contributed by atoms with van der Waals surface area (Å²) in [6.45, 7) is 0.365. The summed E-state index contributed by atoms with van der Waals surface area (Å²) in [6.07, 6.45) is 1.55. The van der Waals surface area contributed by atoms with Crippen molar-refractivity contribution < 1.29 is 19.3 Å². The molecule has 0 saturated carbocycles. The number of benzene rings is 3. The van der Waals surface area contributed by atoms with Gasteiger partial charge in [-0.25, -0.2) is 0 Å². The Morgan fingerprint density at radius 1 is 0.967 bits per heavy atom. The first-order valence-electron chi connectivity index (χ1n) is 9.18. The lowest BCUT2D eigenvalue weighted by atomic mass is 10.1. The van der Waals surface area contributed by atoms with Crippen molar-refractivity contribution in [2.75, 3.05) is 7.11 Å². The zero-order chi connectivity index (χ0) is 20.9. The number of rotatable bonds is 7. The van der Waals surface area contributed by atoms with Crippen molar-refractivity contribution in [1.82, 2.24) is 10.2 Å². The molecule has 0 amide bonds. The summed E-state index contributed by atoms with van der Waals surface area (Å²) in [4.78, 5) is 0. The Kier molecular flexibility index (Phi) is 5.77. The van der Waals surface area contributed by atoms with E-state index in [4.69, 9.17) is 25.8 Å². The molecule has 0 radical (unpaired) electrons. The van der Waals surface area contributed by atoms with E-state index >= 15 is 0 Å². The summed E-state index contributed by atoms with van der Waals surface area (Å²) >= 11 is 5.90. The van der Waals surface area contributed by atoms with Crippen LogP contribution >= 0.6 is 11.6 Å². The third-order valence-electron chi connectivity index (χ3n) is 4.43. The number of hydrogen-bond donors (Lipinski definition) is 2. The summed E-state index contributed by atoms with van der Waals surface area (Å²) in [6, 6.07) is 19.7. The number of phenolic OH excluding ortho intramolecular Hbond substituents is 1. The maximum absolute atomic E-state index is 10.5. The fourth-order valence-electron chi connectivity index (χ4n) is 2.90. The molecule has 1 heterocycles. The van der Waals surface area contributed by atoms with Crippen LogP contribution in [0.4, 0.5) is 0 Å². The van der Waals surface area contributed by atoms with Gasteiger partial charge in [-0.1, -0.05) is 29.8 Å². The van der Waals surface area contributed by atoms with E-state index in [1.165, 1.54) is 0 Å².